The number of nitrogens with zero attached hydrogens (tertiary/aromatic N) is 1. The fourth-order valence-corrected chi connectivity index (χ4v) is 2.40. The molecule has 3 aromatic rings. The summed E-state index contributed by atoms with van der Waals surface area (Å²) in [6.07, 6.45) is 1.81. The highest BCUT2D eigenvalue weighted by Gasteiger charge is 2.04. The van der Waals surface area contributed by atoms with E-state index < -0.39 is 5.97 Å². The Balaban J connectivity index is 1.89. The van der Waals surface area contributed by atoms with Crippen molar-refractivity contribution in [1.82, 2.24) is 4.98 Å². The maximum Gasteiger partial charge on any atom is 0.307 e. The van der Waals surface area contributed by atoms with Crippen LogP contribution in [0, 0.1) is 6.92 Å². The van der Waals surface area contributed by atoms with Crippen LogP contribution < -0.4 is 5.32 Å². The molecule has 3 rings (SSSR count). The van der Waals surface area contributed by atoms with Gasteiger partial charge in [-0.2, -0.15) is 0 Å². The Morgan fingerprint density at radius 1 is 1.14 bits per heavy atom. The average Bonchev–Trinajstić information content (AvgIpc) is 2.49. The van der Waals surface area contributed by atoms with Crippen molar-refractivity contribution in [2.24, 2.45) is 0 Å². The van der Waals surface area contributed by atoms with Gasteiger partial charge in [-0.05, 0) is 42.1 Å². The fourth-order valence-electron chi connectivity index (χ4n) is 2.40. The molecule has 0 fully saturated rings. The topological polar surface area (TPSA) is 62.2 Å². The maximum atomic E-state index is 10.7. The fraction of sp³-hybridized carbons (Fsp3) is 0.111. The number of aromatic nitrogens is 1. The first kappa shape index (κ1) is 14.1. The van der Waals surface area contributed by atoms with Gasteiger partial charge < -0.3 is 10.4 Å². The Kier molecular flexibility index (Phi) is 3.74. The van der Waals surface area contributed by atoms with E-state index in [4.69, 9.17) is 5.11 Å². The summed E-state index contributed by atoms with van der Waals surface area (Å²) in [5.41, 5.74) is 2.84. The second-order valence-corrected chi connectivity index (χ2v) is 5.28. The predicted molar refractivity (Wildman–Crippen MR) is 87.5 cm³/mol. The van der Waals surface area contributed by atoms with Crippen molar-refractivity contribution in [1.29, 1.82) is 0 Å². The van der Waals surface area contributed by atoms with Crippen LogP contribution in [0.2, 0.25) is 0 Å². The lowest BCUT2D eigenvalue weighted by Gasteiger charge is -2.10. The monoisotopic (exact) mass is 292 g/mol. The molecule has 2 N–H and O–H groups in total. The van der Waals surface area contributed by atoms with E-state index in [1.165, 1.54) is 5.56 Å². The summed E-state index contributed by atoms with van der Waals surface area (Å²) < 4.78 is 0. The number of hydrogen-bond acceptors (Lipinski definition) is 3. The number of aliphatic carboxylic acids is 1. The molecule has 0 amide bonds. The number of fused-ring (bicyclic) bond motifs is 1. The quantitative estimate of drug-likeness (QED) is 0.765. The second kappa shape index (κ2) is 5.85. The summed E-state index contributed by atoms with van der Waals surface area (Å²) in [5, 5.41) is 14.3. The SMILES string of the molecule is Cc1ccc2ccnc(Nc3ccc(CC(=O)O)cc3)c2c1. The van der Waals surface area contributed by atoms with Gasteiger partial charge in [-0.3, -0.25) is 4.79 Å². The van der Waals surface area contributed by atoms with E-state index in [0.29, 0.717) is 0 Å². The minimum Gasteiger partial charge on any atom is -0.481 e. The minimum atomic E-state index is -0.827. The van der Waals surface area contributed by atoms with Gasteiger partial charge in [-0.15, -0.1) is 0 Å². The zero-order chi connectivity index (χ0) is 15.5. The molecule has 0 aliphatic heterocycles. The van der Waals surface area contributed by atoms with E-state index in [2.05, 4.69) is 35.4 Å². The van der Waals surface area contributed by atoms with Crippen molar-refractivity contribution in [2.75, 3.05) is 5.32 Å². The zero-order valence-corrected chi connectivity index (χ0v) is 12.2. The van der Waals surface area contributed by atoms with Crippen LogP contribution in [-0.2, 0) is 11.2 Å². The zero-order valence-electron chi connectivity index (χ0n) is 12.2. The molecule has 0 radical (unpaired) electrons. The number of carbonyl (C=O) groups is 1. The van der Waals surface area contributed by atoms with Crippen molar-refractivity contribution >= 4 is 28.2 Å². The van der Waals surface area contributed by atoms with Gasteiger partial charge in [-0.1, -0.05) is 29.8 Å². The molecule has 0 bridgehead atoms. The lowest BCUT2D eigenvalue weighted by Crippen LogP contribution is -2.00. The van der Waals surface area contributed by atoms with Gasteiger partial charge in [-0.25, -0.2) is 4.98 Å². The molecule has 22 heavy (non-hydrogen) atoms. The number of carboxylic acids is 1. The van der Waals surface area contributed by atoms with E-state index in [1.807, 2.05) is 30.3 Å². The number of rotatable bonds is 4. The van der Waals surface area contributed by atoms with Crippen LogP contribution in [0.5, 0.6) is 0 Å². The van der Waals surface area contributed by atoms with E-state index in [9.17, 15) is 4.79 Å². The molecule has 0 aliphatic carbocycles. The Morgan fingerprint density at radius 3 is 2.64 bits per heavy atom. The molecule has 0 spiro atoms. The number of benzene rings is 2. The molecule has 0 saturated carbocycles. The molecule has 0 saturated heterocycles. The average molecular weight is 292 g/mol. The summed E-state index contributed by atoms with van der Waals surface area (Å²) in [6.45, 7) is 2.05. The number of pyridine rings is 1. The van der Waals surface area contributed by atoms with Crippen molar-refractivity contribution in [3.05, 3.63) is 65.9 Å². The highest BCUT2D eigenvalue weighted by molar-refractivity contribution is 5.93. The molecule has 0 aliphatic rings. The molecule has 110 valence electrons. The van der Waals surface area contributed by atoms with Gasteiger partial charge in [0.2, 0.25) is 0 Å². The minimum absolute atomic E-state index is 0.0337. The van der Waals surface area contributed by atoms with Crippen LogP contribution in [0.3, 0.4) is 0 Å². The standard InChI is InChI=1S/C18H16N2O2/c1-12-2-5-14-8-9-19-18(16(14)10-12)20-15-6-3-13(4-7-15)11-17(21)22/h2-10H,11H2,1H3,(H,19,20)(H,21,22). The van der Waals surface area contributed by atoms with Crippen molar-refractivity contribution in [3.8, 4) is 0 Å². The summed E-state index contributed by atoms with van der Waals surface area (Å²) in [6, 6.07) is 15.6. The van der Waals surface area contributed by atoms with E-state index in [1.54, 1.807) is 6.20 Å². The highest BCUT2D eigenvalue weighted by atomic mass is 16.4. The molecule has 1 aromatic heterocycles. The lowest BCUT2D eigenvalue weighted by molar-refractivity contribution is -0.136. The lowest BCUT2D eigenvalue weighted by atomic mass is 10.1. The van der Waals surface area contributed by atoms with Crippen molar-refractivity contribution in [2.45, 2.75) is 13.3 Å². The van der Waals surface area contributed by atoms with Crippen LogP contribution in [0.25, 0.3) is 10.8 Å². The van der Waals surface area contributed by atoms with E-state index >= 15 is 0 Å². The molecular formula is C18H16N2O2. The van der Waals surface area contributed by atoms with Crippen LogP contribution in [0.4, 0.5) is 11.5 Å². The summed E-state index contributed by atoms with van der Waals surface area (Å²) in [4.78, 5) is 15.1. The number of anilines is 2. The third-order valence-corrected chi connectivity index (χ3v) is 3.49. The van der Waals surface area contributed by atoms with Gasteiger partial charge in [0.15, 0.2) is 0 Å². The third-order valence-electron chi connectivity index (χ3n) is 3.49. The van der Waals surface area contributed by atoms with Crippen LogP contribution in [0.1, 0.15) is 11.1 Å². The Labute approximate surface area is 128 Å². The first-order valence-electron chi connectivity index (χ1n) is 7.05. The molecular weight excluding hydrogens is 276 g/mol. The molecule has 4 heteroatoms. The van der Waals surface area contributed by atoms with Crippen LogP contribution in [-0.4, -0.2) is 16.1 Å². The highest BCUT2D eigenvalue weighted by Crippen LogP contribution is 2.25. The molecule has 2 aromatic carbocycles. The largest absolute Gasteiger partial charge is 0.481 e. The Morgan fingerprint density at radius 2 is 1.91 bits per heavy atom. The van der Waals surface area contributed by atoms with Crippen LogP contribution >= 0.6 is 0 Å². The number of nitrogens with one attached hydrogen (secondary N) is 1. The van der Waals surface area contributed by atoms with Crippen LogP contribution in [0.15, 0.2) is 54.7 Å². The number of hydrogen-bond donors (Lipinski definition) is 2. The smallest absolute Gasteiger partial charge is 0.307 e. The summed E-state index contributed by atoms with van der Waals surface area (Å²) in [7, 11) is 0. The Bertz CT molecular complexity index is 826. The second-order valence-electron chi connectivity index (χ2n) is 5.28. The van der Waals surface area contributed by atoms with Gasteiger partial charge in [0, 0.05) is 17.3 Å². The Hall–Kier alpha value is -2.88. The molecule has 1 heterocycles. The normalized spacial score (nSPS) is 10.6. The van der Waals surface area contributed by atoms with Gasteiger partial charge in [0.25, 0.3) is 0 Å². The first-order valence-corrected chi connectivity index (χ1v) is 7.05. The maximum absolute atomic E-state index is 10.7. The number of aryl methyl sites for hydroxylation is 1. The van der Waals surface area contributed by atoms with E-state index in [-0.39, 0.29) is 6.42 Å². The molecule has 0 atom stereocenters. The van der Waals surface area contributed by atoms with Gasteiger partial charge in [0.1, 0.15) is 5.82 Å². The summed E-state index contributed by atoms with van der Waals surface area (Å²) in [5.74, 6) is -0.0286. The van der Waals surface area contributed by atoms with Gasteiger partial charge >= 0.3 is 5.97 Å². The summed E-state index contributed by atoms with van der Waals surface area (Å²) >= 11 is 0. The van der Waals surface area contributed by atoms with Gasteiger partial charge in [0.05, 0.1) is 6.42 Å². The van der Waals surface area contributed by atoms with Crippen molar-refractivity contribution < 1.29 is 9.90 Å². The predicted octanol–water partition coefficient (Wildman–Crippen LogP) is 3.91. The number of carboxylic acid groups (broad SMARTS) is 1. The van der Waals surface area contributed by atoms with E-state index in [0.717, 1.165) is 27.8 Å². The molecule has 0 unspecified atom stereocenters. The van der Waals surface area contributed by atoms with Crippen molar-refractivity contribution in [3.63, 3.8) is 0 Å². The molecule has 4 nitrogen and oxygen atoms in total. The third kappa shape index (κ3) is 3.06. The first-order chi connectivity index (χ1) is 10.6.